The third kappa shape index (κ3) is 5.63. The van der Waals surface area contributed by atoms with Crippen LogP contribution in [0.5, 0.6) is 0 Å². The molecule has 88 valence electrons. The summed E-state index contributed by atoms with van der Waals surface area (Å²) in [5.74, 6) is -0.193. The average Bonchev–Trinajstić information content (AvgIpc) is 2.28. The number of benzene rings is 1. The lowest BCUT2D eigenvalue weighted by Crippen LogP contribution is -2.19. The second-order valence-electron chi connectivity index (χ2n) is 3.50. The third-order valence-corrected chi connectivity index (χ3v) is 2.11. The van der Waals surface area contributed by atoms with Crippen molar-refractivity contribution in [1.82, 2.24) is 5.32 Å². The molecule has 0 aliphatic carbocycles. The SMILES string of the molecule is C=CCCOCCNCc1cccc(F)c1. The van der Waals surface area contributed by atoms with Crippen molar-refractivity contribution in [2.75, 3.05) is 19.8 Å². The standard InChI is InChI=1S/C13H18FNO/c1-2-3-8-16-9-7-15-11-12-5-4-6-13(14)10-12/h2,4-6,10,15H,1,3,7-9,11H2. The summed E-state index contributed by atoms with van der Waals surface area (Å²) < 4.78 is 18.1. The molecule has 0 saturated carbocycles. The van der Waals surface area contributed by atoms with E-state index in [1.807, 2.05) is 12.1 Å². The molecule has 1 aromatic rings. The van der Waals surface area contributed by atoms with Gasteiger partial charge in [0.25, 0.3) is 0 Å². The van der Waals surface area contributed by atoms with E-state index < -0.39 is 0 Å². The molecule has 0 saturated heterocycles. The van der Waals surface area contributed by atoms with Crippen LogP contribution in [-0.2, 0) is 11.3 Å². The van der Waals surface area contributed by atoms with Crippen LogP contribution in [0.4, 0.5) is 4.39 Å². The smallest absolute Gasteiger partial charge is 0.123 e. The summed E-state index contributed by atoms with van der Waals surface area (Å²) in [6.07, 6.45) is 2.71. The highest BCUT2D eigenvalue weighted by Crippen LogP contribution is 2.02. The van der Waals surface area contributed by atoms with Gasteiger partial charge in [-0.05, 0) is 24.1 Å². The Hall–Kier alpha value is -1.19. The Kier molecular flexibility index (Phi) is 6.45. The molecule has 1 N–H and O–H groups in total. The van der Waals surface area contributed by atoms with Crippen LogP contribution in [-0.4, -0.2) is 19.8 Å². The van der Waals surface area contributed by atoms with Crippen LogP contribution in [0, 0.1) is 5.82 Å². The van der Waals surface area contributed by atoms with Crippen LogP contribution in [0.2, 0.25) is 0 Å². The maximum atomic E-state index is 12.8. The Morgan fingerprint density at radius 2 is 2.25 bits per heavy atom. The van der Waals surface area contributed by atoms with E-state index in [4.69, 9.17) is 4.74 Å². The molecular weight excluding hydrogens is 205 g/mol. The van der Waals surface area contributed by atoms with Crippen molar-refractivity contribution in [3.05, 3.63) is 48.3 Å². The zero-order valence-corrected chi connectivity index (χ0v) is 9.42. The summed E-state index contributed by atoms with van der Waals surface area (Å²) in [5.41, 5.74) is 0.950. The summed E-state index contributed by atoms with van der Waals surface area (Å²) in [5, 5.41) is 3.19. The highest BCUT2D eigenvalue weighted by molar-refractivity contribution is 5.15. The van der Waals surface area contributed by atoms with Gasteiger partial charge in [-0.3, -0.25) is 0 Å². The molecule has 0 radical (unpaired) electrons. The molecule has 0 aromatic heterocycles. The minimum absolute atomic E-state index is 0.193. The molecular formula is C13H18FNO. The number of halogens is 1. The summed E-state index contributed by atoms with van der Waals surface area (Å²) in [6.45, 7) is 6.44. The van der Waals surface area contributed by atoms with Gasteiger partial charge < -0.3 is 10.1 Å². The maximum absolute atomic E-state index is 12.8. The first-order valence-corrected chi connectivity index (χ1v) is 5.46. The van der Waals surface area contributed by atoms with E-state index in [1.54, 1.807) is 6.07 Å². The van der Waals surface area contributed by atoms with E-state index in [0.717, 1.165) is 18.5 Å². The van der Waals surface area contributed by atoms with Crippen LogP contribution in [0.25, 0.3) is 0 Å². The maximum Gasteiger partial charge on any atom is 0.123 e. The lowest BCUT2D eigenvalue weighted by atomic mass is 10.2. The van der Waals surface area contributed by atoms with E-state index in [0.29, 0.717) is 19.8 Å². The minimum atomic E-state index is -0.193. The summed E-state index contributed by atoms with van der Waals surface area (Å²) >= 11 is 0. The molecule has 1 aromatic carbocycles. The predicted molar refractivity (Wildman–Crippen MR) is 63.7 cm³/mol. The summed E-state index contributed by atoms with van der Waals surface area (Å²) in [6, 6.07) is 6.59. The molecule has 0 aliphatic heterocycles. The second kappa shape index (κ2) is 8.02. The zero-order chi connectivity index (χ0) is 11.6. The number of nitrogens with one attached hydrogen (secondary N) is 1. The molecule has 0 fully saturated rings. The second-order valence-corrected chi connectivity index (χ2v) is 3.50. The fourth-order valence-corrected chi connectivity index (χ4v) is 1.29. The first-order chi connectivity index (χ1) is 7.83. The van der Waals surface area contributed by atoms with Crippen molar-refractivity contribution in [2.24, 2.45) is 0 Å². The van der Waals surface area contributed by atoms with Crippen LogP contribution in [0.3, 0.4) is 0 Å². The molecule has 2 nitrogen and oxygen atoms in total. The molecule has 0 spiro atoms. The normalized spacial score (nSPS) is 10.3. The minimum Gasteiger partial charge on any atom is -0.380 e. The monoisotopic (exact) mass is 223 g/mol. The topological polar surface area (TPSA) is 21.3 Å². The molecule has 0 amide bonds. The Morgan fingerprint density at radius 3 is 3.00 bits per heavy atom. The number of rotatable bonds is 8. The van der Waals surface area contributed by atoms with Crippen molar-refractivity contribution in [1.29, 1.82) is 0 Å². The van der Waals surface area contributed by atoms with Crippen LogP contribution < -0.4 is 5.32 Å². The lowest BCUT2D eigenvalue weighted by Gasteiger charge is -2.05. The van der Waals surface area contributed by atoms with E-state index in [9.17, 15) is 4.39 Å². The molecule has 0 bridgehead atoms. The van der Waals surface area contributed by atoms with Crippen molar-refractivity contribution >= 4 is 0 Å². The molecule has 16 heavy (non-hydrogen) atoms. The molecule has 3 heteroatoms. The molecule has 0 atom stereocenters. The third-order valence-electron chi connectivity index (χ3n) is 2.11. The Balaban J connectivity index is 2.05. The number of hydrogen-bond acceptors (Lipinski definition) is 2. The van der Waals surface area contributed by atoms with Gasteiger partial charge in [0.1, 0.15) is 5.82 Å². The van der Waals surface area contributed by atoms with Gasteiger partial charge in [0.05, 0.1) is 13.2 Å². The van der Waals surface area contributed by atoms with Crippen molar-refractivity contribution in [2.45, 2.75) is 13.0 Å². The number of ether oxygens (including phenoxy) is 1. The fourth-order valence-electron chi connectivity index (χ4n) is 1.29. The largest absolute Gasteiger partial charge is 0.380 e. The van der Waals surface area contributed by atoms with Crippen molar-refractivity contribution in [3.8, 4) is 0 Å². The molecule has 0 heterocycles. The highest BCUT2D eigenvalue weighted by Gasteiger charge is 1.94. The van der Waals surface area contributed by atoms with Gasteiger partial charge in [-0.25, -0.2) is 4.39 Å². The van der Waals surface area contributed by atoms with Crippen molar-refractivity contribution in [3.63, 3.8) is 0 Å². The molecule has 0 aliphatic rings. The van der Waals surface area contributed by atoms with Crippen molar-refractivity contribution < 1.29 is 9.13 Å². The van der Waals surface area contributed by atoms with Gasteiger partial charge in [0, 0.05) is 13.1 Å². The van der Waals surface area contributed by atoms with Gasteiger partial charge >= 0.3 is 0 Å². The highest BCUT2D eigenvalue weighted by atomic mass is 19.1. The quantitative estimate of drug-likeness (QED) is 0.540. The molecule has 1 rings (SSSR count). The summed E-state index contributed by atoms with van der Waals surface area (Å²) in [4.78, 5) is 0. The Morgan fingerprint density at radius 1 is 1.38 bits per heavy atom. The van der Waals surface area contributed by atoms with Gasteiger partial charge in [-0.2, -0.15) is 0 Å². The van der Waals surface area contributed by atoms with E-state index >= 15 is 0 Å². The first-order valence-electron chi connectivity index (χ1n) is 5.46. The van der Waals surface area contributed by atoms with Gasteiger partial charge in [-0.15, -0.1) is 6.58 Å². The van der Waals surface area contributed by atoms with E-state index in [-0.39, 0.29) is 5.82 Å². The zero-order valence-electron chi connectivity index (χ0n) is 9.42. The van der Waals surface area contributed by atoms with Gasteiger partial charge in [0.2, 0.25) is 0 Å². The lowest BCUT2D eigenvalue weighted by molar-refractivity contribution is 0.140. The van der Waals surface area contributed by atoms with Crippen LogP contribution >= 0.6 is 0 Å². The fraction of sp³-hybridized carbons (Fsp3) is 0.385. The summed E-state index contributed by atoms with van der Waals surface area (Å²) in [7, 11) is 0. The first kappa shape index (κ1) is 12.9. The van der Waals surface area contributed by atoms with E-state index in [2.05, 4.69) is 11.9 Å². The predicted octanol–water partition coefficient (Wildman–Crippen LogP) is 2.51. The van der Waals surface area contributed by atoms with Crippen LogP contribution in [0.15, 0.2) is 36.9 Å². The Labute approximate surface area is 96.1 Å². The van der Waals surface area contributed by atoms with Gasteiger partial charge in [-0.1, -0.05) is 18.2 Å². The number of hydrogen-bond donors (Lipinski definition) is 1. The Bertz CT molecular complexity index is 315. The average molecular weight is 223 g/mol. The van der Waals surface area contributed by atoms with Crippen LogP contribution in [0.1, 0.15) is 12.0 Å². The van der Waals surface area contributed by atoms with E-state index in [1.165, 1.54) is 12.1 Å². The molecule has 0 unspecified atom stereocenters. The van der Waals surface area contributed by atoms with Gasteiger partial charge in [0.15, 0.2) is 0 Å².